The second-order valence-electron chi connectivity index (χ2n) is 5.57. The maximum Gasteiger partial charge on any atom is 0.128 e. The molecule has 2 rings (SSSR count). The number of rotatable bonds is 5. The van der Waals surface area contributed by atoms with Crippen molar-refractivity contribution in [2.24, 2.45) is 11.7 Å². The van der Waals surface area contributed by atoms with Gasteiger partial charge >= 0.3 is 0 Å². The fraction of sp³-hybridized carbons (Fsp3) is 0.625. The van der Waals surface area contributed by atoms with Crippen LogP contribution in [-0.2, 0) is 11.3 Å². The van der Waals surface area contributed by atoms with E-state index >= 15 is 0 Å². The van der Waals surface area contributed by atoms with E-state index in [0.29, 0.717) is 12.2 Å². The summed E-state index contributed by atoms with van der Waals surface area (Å²) in [6.07, 6.45) is 5.77. The fourth-order valence-corrected chi connectivity index (χ4v) is 2.91. The lowest BCUT2D eigenvalue weighted by Crippen LogP contribution is -2.42. The summed E-state index contributed by atoms with van der Waals surface area (Å²) in [6.45, 7) is 2.54. The first-order chi connectivity index (χ1) is 9.20. The minimum Gasteiger partial charge on any atom is -0.372 e. The molecule has 3 atom stereocenters. The van der Waals surface area contributed by atoms with Crippen molar-refractivity contribution in [2.45, 2.75) is 57.8 Å². The number of hydrogen-bond acceptors (Lipinski definition) is 2. The van der Waals surface area contributed by atoms with E-state index in [2.05, 4.69) is 6.92 Å². The molecule has 19 heavy (non-hydrogen) atoms. The van der Waals surface area contributed by atoms with Crippen LogP contribution in [0.2, 0.25) is 0 Å². The largest absolute Gasteiger partial charge is 0.372 e. The Morgan fingerprint density at radius 3 is 2.84 bits per heavy atom. The van der Waals surface area contributed by atoms with Crippen LogP contribution >= 0.6 is 0 Å². The van der Waals surface area contributed by atoms with Crippen LogP contribution in [0.25, 0.3) is 0 Å². The summed E-state index contributed by atoms with van der Waals surface area (Å²) in [4.78, 5) is 0. The molecule has 1 aliphatic rings. The van der Waals surface area contributed by atoms with Gasteiger partial charge in [-0.1, -0.05) is 38.0 Å². The third kappa shape index (κ3) is 4.02. The van der Waals surface area contributed by atoms with Crippen LogP contribution in [0.5, 0.6) is 0 Å². The van der Waals surface area contributed by atoms with Crippen LogP contribution < -0.4 is 5.73 Å². The first-order valence-corrected chi connectivity index (χ1v) is 7.31. The molecule has 3 heteroatoms. The molecule has 0 bridgehead atoms. The standard InChI is InChI=1S/C16H24FNO/c1-2-5-12-8-9-15(18)16(10-12)19-11-13-6-3-4-7-14(13)17/h3-4,6-7,12,15-16H,2,5,8-11,18H2,1H3. The van der Waals surface area contributed by atoms with Crippen molar-refractivity contribution in [2.75, 3.05) is 0 Å². The van der Waals surface area contributed by atoms with Crippen molar-refractivity contribution in [3.8, 4) is 0 Å². The molecule has 0 heterocycles. The number of ether oxygens (including phenoxy) is 1. The Morgan fingerprint density at radius 2 is 2.11 bits per heavy atom. The van der Waals surface area contributed by atoms with Gasteiger partial charge in [0.25, 0.3) is 0 Å². The van der Waals surface area contributed by atoms with Crippen molar-refractivity contribution < 1.29 is 9.13 Å². The van der Waals surface area contributed by atoms with Gasteiger partial charge in [-0.2, -0.15) is 0 Å². The second kappa shape index (κ2) is 7.01. The molecule has 0 amide bonds. The molecule has 1 aliphatic carbocycles. The molecule has 2 N–H and O–H groups in total. The second-order valence-corrected chi connectivity index (χ2v) is 5.57. The zero-order chi connectivity index (χ0) is 13.7. The third-order valence-corrected chi connectivity index (χ3v) is 4.06. The summed E-state index contributed by atoms with van der Waals surface area (Å²) >= 11 is 0. The highest BCUT2D eigenvalue weighted by Crippen LogP contribution is 2.29. The molecule has 106 valence electrons. The van der Waals surface area contributed by atoms with E-state index in [1.807, 2.05) is 6.07 Å². The van der Waals surface area contributed by atoms with Gasteiger partial charge in [-0.15, -0.1) is 0 Å². The van der Waals surface area contributed by atoms with Crippen molar-refractivity contribution in [1.29, 1.82) is 0 Å². The molecule has 1 aromatic rings. The van der Waals surface area contributed by atoms with E-state index < -0.39 is 0 Å². The smallest absolute Gasteiger partial charge is 0.128 e. The van der Waals surface area contributed by atoms with Gasteiger partial charge < -0.3 is 10.5 Å². The van der Waals surface area contributed by atoms with E-state index in [1.54, 1.807) is 12.1 Å². The quantitative estimate of drug-likeness (QED) is 0.882. The Kier molecular flexibility index (Phi) is 5.34. The van der Waals surface area contributed by atoms with Crippen LogP contribution in [0.4, 0.5) is 4.39 Å². The molecule has 0 aliphatic heterocycles. The summed E-state index contributed by atoms with van der Waals surface area (Å²) in [7, 11) is 0. The lowest BCUT2D eigenvalue weighted by molar-refractivity contribution is -0.0127. The number of nitrogens with two attached hydrogens (primary N) is 1. The van der Waals surface area contributed by atoms with Crippen molar-refractivity contribution in [3.63, 3.8) is 0 Å². The van der Waals surface area contributed by atoms with Crippen LogP contribution in [0, 0.1) is 11.7 Å². The predicted molar refractivity (Wildman–Crippen MR) is 75.2 cm³/mol. The lowest BCUT2D eigenvalue weighted by Gasteiger charge is -2.34. The first kappa shape index (κ1) is 14.5. The van der Waals surface area contributed by atoms with Gasteiger partial charge in [0.1, 0.15) is 5.82 Å². The minimum absolute atomic E-state index is 0.0740. The average molecular weight is 265 g/mol. The highest BCUT2D eigenvalue weighted by Gasteiger charge is 2.28. The van der Waals surface area contributed by atoms with Crippen molar-refractivity contribution in [3.05, 3.63) is 35.6 Å². The molecule has 2 nitrogen and oxygen atoms in total. The Balaban J connectivity index is 1.88. The molecule has 3 unspecified atom stereocenters. The van der Waals surface area contributed by atoms with Crippen LogP contribution in [0.3, 0.4) is 0 Å². The van der Waals surface area contributed by atoms with E-state index in [9.17, 15) is 4.39 Å². The number of hydrogen-bond donors (Lipinski definition) is 1. The molecule has 1 saturated carbocycles. The summed E-state index contributed by atoms with van der Waals surface area (Å²) in [5, 5.41) is 0. The monoisotopic (exact) mass is 265 g/mol. The molecule has 0 aromatic heterocycles. The normalized spacial score (nSPS) is 27.4. The van der Waals surface area contributed by atoms with E-state index in [0.717, 1.165) is 18.8 Å². The summed E-state index contributed by atoms with van der Waals surface area (Å²) < 4.78 is 19.4. The van der Waals surface area contributed by atoms with Crippen LogP contribution in [0.15, 0.2) is 24.3 Å². The van der Waals surface area contributed by atoms with Gasteiger partial charge in [0.15, 0.2) is 0 Å². The van der Waals surface area contributed by atoms with Crippen molar-refractivity contribution in [1.82, 2.24) is 0 Å². The lowest BCUT2D eigenvalue weighted by atomic mass is 9.82. The topological polar surface area (TPSA) is 35.2 Å². The predicted octanol–water partition coefficient (Wildman–Crippen LogP) is 3.64. The summed E-state index contributed by atoms with van der Waals surface area (Å²) in [6, 6.07) is 6.87. The van der Waals surface area contributed by atoms with Gasteiger partial charge in [0.05, 0.1) is 12.7 Å². The van der Waals surface area contributed by atoms with Gasteiger partial charge in [-0.25, -0.2) is 4.39 Å². The fourth-order valence-electron chi connectivity index (χ4n) is 2.91. The maximum atomic E-state index is 13.5. The van der Waals surface area contributed by atoms with Gasteiger partial charge in [0, 0.05) is 11.6 Å². The Hall–Kier alpha value is -0.930. The Bertz CT molecular complexity index is 396. The highest BCUT2D eigenvalue weighted by atomic mass is 19.1. The Labute approximate surface area is 115 Å². The SMILES string of the molecule is CCCC1CCC(N)C(OCc2ccccc2F)C1. The van der Waals surface area contributed by atoms with Crippen molar-refractivity contribution >= 4 is 0 Å². The zero-order valence-corrected chi connectivity index (χ0v) is 11.6. The van der Waals surface area contributed by atoms with E-state index in [-0.39, 0.29) is 18.0 Å². The van der Waals surface area contributed by atoms with E-state index in [1.165, 1.54) is 25.3 Å². The molecular weight excluding hydrogens is 241 g/mol. The third-order valence-electron chi connectivity index (χ3n) is 4.06. The molecular formula is C16H24FNO. The maximum absolute atomic E-state index is 13.5. The molecule has 1 aromatic carbocycles. The number of benzene rings is 1. The summed E-state index contributed by atoms with van der Waals surface area (Å²) in [5.74, 6) is 0.521. The van der Waals surface area contributed by atoms with E-state index in [4.69, 9.17) is 10.5 Å². The average Bonchev–Trinajstić information content (AvgIpc) is 2.41. The van der Waals surface area contributed by atoms with Gasteiger partial charge in [0.2, 0.25) is 0 Å². The molecule has 1 fully saturated rings. The minimum atomic E-state index is -0.197. The van der Waals surface area contributed by atoms with Gasteiger partial charge in [-0.05, 0) is 31.2 Å². The molecule has 0 spiro atoms. The zero-order valence-electron chi connectivity index (χ0n) is 11.6. The Morgan fingerprint density at radius 1 is 1.32 bits per heavy atom. The number of halogens is 1. The first-order valence-electron chi connectivity index (χ1n) is 7.31. The summed E-state index contributed by atoms with van der Waals surface area (Å²) in [5.41, 5.74) is 6.74. The molecule has 0 radical (unpaired) electrons. The molecule has 0 saturated heterocycles. The highest BCUT2D eigenvalue weighted by molar-refractivity contribution is 5.16. The van der Waals surface area contributed by atoms with Crippen LogP contribution in [-0.4, -0.2) is 12.1 Å². The van der Waals surface area contributed by atoms with Crippen LogP contribution in [0.1, 0.15) is 44.6 Å². The van der Waals surface area contributed by atoms with Gasteiger partial charge in [-0.3, -0.25) is 0 Å².